The summed E-state index contributed by atoms with van der Waals surface area (Å²) in [7, 11) is 0. The first kappa shape index (κ1) is 21.0. The number of carbonyl (C=O) groups excluding carboxylic acids is 1. The van der Waals surface area contributed by atoms with Gasteiger partial charge in [-0.25, -0.2) is 13.8 Å². The van der Waals surface area contributed by atoms with Crippen LogP contribution in [0.15, 0.2) is 67.0 Å². The molecule has 0 fully saturated rings. The molecule has 0 aliphatic rings. The van der Waals surface area contributed by atoms with Crippen molar-refractivity contribution in [1.29, 1.82) is 5.26 Å². The van der Waals surface area contributed by atoms with Crippen LogP contribution in [-0.4, -0.2) is 15.3 Å². The molecule has 0 aliphatic heterocycles. The summed E-state index contributed by atoms with van der Waals surface area (Å²) >= 11 is 0. The number of imidazole rings is 1. The van der Waals surface area contributed by atoms with E-state index >= 15 is 0 Å². The summed E-state index contributed by atoms with van der Waals surface area (Å²) < 4.78 is 34.8. The standard InChI is InChI=1S/C24H18F2N4O2/c1-15-5-8-23-28-18(13-30(23)12-15)14-32-19-4-2-3-16(9-19)24(31)29-22(11-27)20-7-6-17(25)10-21(20)26/h2-10,12-13,22H,14H2,1H3,(H,29,31). The van der Waals surface area contributed by atoms with Crippen LogP contribution < -0.4 is 10.1 Å². The van der Waals surface area contributed by atoms with Gasteiger partial charge >= 0.3 is 0 Å². The third-order valence-corrected chi connectivity index (χ3v) is 4.81. The minimum Gasteiger partial charge on any atom is -0.487 e. The van der Waals surface area contributed by atoms with Gasteiger partial charge in [-0.15, -0.1) is 0 Å². The third kappa shape index (κ3) is 4.57. The molecule has 0 radical (unpaired) electrons. The Kier molecular flexibility index (Phi) is 5.81. The zero-order valence-corrected chi connectivity index (χ0v) is 17.0. The highest BCUT2D eigenvalue weighted by molar-refractivity contribution is 5.95. The lowest BCUT2D eigenvalue weighted by Gasteiger charge is -2.13. The lowest BCUT2D eigenvalue weighted by Crippen LogP contribution is -2.28. The van der Waals surface area contributed by atoms with Gasteiger partial charge in [0.2, 0.25) is 0 Å². The molecule has 2 aromatic carbocycles. The van der Waals surface area contributed by atoms with Crippen molar-refractivity contribution in [2.75, 3.05) is 0 Å². The maximum atomic E-state index is 14.0. The maximum Gasteiger partial charge on any atom is 0.252 e. The van der Waals surface area contributed by atoms with Crippen LogP contribution >= 0.6 is 0 Å². The Morgan fingerprint density at radius 2 is 2.03 bits per heavy atom. The number of aromatic nitrogens is 2. The van der Waals surface area contributed by atoms with Gasteiger partial charge < -0.3 is 14.5 Å². The van der Waals surface area contributed by atoms with Gasteiger partial charge in [0.15, 0.2) is 0 Å². The van der Waals surface area contributed by atoms with Crippen molar-refractivity contribution < 1.29 is 18.3 Å². The van der Waals surface area contributed by atoms with Crippen LogP contribution in [0.3, 0.4) is 0 Å². The van der Waals surface area contributed by atoms with Crippen LogP contribution in [0.1, 0.15) is 33.2 Å². The Bertz CT molecular complexity index is 1340. The number of nitrogens with one attached hydrogen (secondary N) is 1. The van der Waals surface area contributed by atoms with E-state index in [0.29, 0.717) is 11.8 Å². The molecule has 2 heterocycles. The van der Waals surface area contributed by atoms with Gasteiger partial charge in [-0.2, -0.15) is 5.26 Å². The van der Waals surface area contributed by atoms with E-state index in [0.717, 1.165) is 29.0 Å². The fourth-order valence-corrected chi connectivity index (χ4v) is 3.24. The molecule has 0 bridgehead atoms. The van der Waals surface area contributed by atoms with Crippen LogP contribution in [0, 0.1) is 29.9 Å². The van der Waals surface area contributed by atoms with Gasteiger partial charge in [-0.3, -0.25) is 4.79 Å². The van der Waals surface area contributed by atoms with Crippen molar-refractivity contribution in [3.63, 3.8) is 0 Å². The number of nitriles is 1. The average Bonchev–Trinajstić information content (AvgIpc) is 3.18. The second-order valence-corrected chi connectivity index (χ2v) is 7.22. The molecule has 0 saturated carbocycles. The monoisotopic (exact) mass is 432 g/mol. The Morgan fingerprint density at radius 3 is 2.81 bits per heavy atom. The number of amides is 1. The van der Waals surface area contributed by atoms with Crippen molar-refractivity contribution in [3.05, 3.63) is 101 Å². The molecule has 4 rings (SSSR count). The highest BCUT2D eigenvalue weighted by Crippen LogP contribution is 2.20. The Hall–Kier alpha value is -4.25. The average molecular weight is 432 g/mol. The third-order valence-electron chi connectivity index (χ3n) is 4.81. The molecule has 32 heavy (non-hydrogen) atoms. The largest absolute Gasteiger partial charge is 0.487 e. The van der Waals surface area contributed by atoms with E-state index in [2.05, 4.69) is 10.3 Å². The lowest BCUT2D eigenvalue weighted by atomic mass is 10.1. The van der Waals surface area contributed by atoms with Crippen LogP contribution in [0.4, 0.5) is 8.78 Å². The molecule has 1 N–H and O–H groups in total. The molecular weight excluding hydrogens is 414 g/mol. The fourth-order valence-electron chi connectivity index (χ4n) is 3.24. The van der Waals surface area contributed by atoms with Crippen molar-refractivity contribution in [2.45, 2.75) is 19.6 Å². The SMILES string of the molecule is Cc1ccc2nc(COc3cccc(C(=O)NC(C#N)c4ccc(F)cc4F)c3)cn2c1. The number of halogens is 2. The van der Waals surface area contributed by atoms with E-state index in [4.69, 9.17) is 4.74 Å². The molecule has 0 aliphatic carbocycles. The predicted molar refractivity (Wildman–Crippen MR) is 113 cm³/mol. The number of benzene rings is 2. The summed E-state index contributed by atoms with van der Waals surface area (Å²) in [6, 6.07) is 13.7. The number of aryl methyl sites for hydroxylation is 1. The minimum absolute atomic E-state index is 0.114. The summed E-state index contributed by atoms with van der Waals surface area (Å²) in [4.78, 5) is 17.1. The molecule has 1 unspecified atom stereocenters. The highest BCUT2D eigenvalue weighted by Gasteiger charge is 2.19. The molecule has 0 saturated heterocycles. The number of nitrogens with zero attached hydrogens (tertiary/aromatic N) is 3. The quantitative estimate of drug-likeness (QED) is 0.487. The maximum absolute atomic E-state index is 14.0. The fraction of sp³-hybridized carbons (Fsp3) is 0.125. The van der Waals surface area contributed by atoms with Crippen LogP contribution in [0.2, 0.25) is 0 Å². The Balaban J connectivity index is 1.45. The van der Waals surface area contributed by atoms with Gasteiger partial charge in [0.05, 0.1) is 11.8 Å². The number of hydrogen-bond acceptors (Lipinski definition) is 4. The van der Waals surface area contributed by atoms with E-state index < -0.39 is 23.6 Å². The molecule has 0 spiro atoms. The van der Waals surface area contributed by atoms with Gasteiger partial charge in [-0.1, -0.05) is 18.2 Å². The number of hydrogen-bond donors (Lipinski definition) is 1. The molecular formula is C24H18F2N4O2. The summed E-state index contributed by atoms with van der Waals surface area (Å²) in [6.07, 6.45) is 3.83. The first-order valence-corrected chi connectivity index (χ1v) is 9.75. The number of fused-ring (bicyclic) bond motifs is 1. The van der Waals surface area contributed by atoms with Crippen LogP contribution in [0.25, 0.3) is 5.65 Å². The summed E-state index contributed by atoms with van der Waals surface area (Å²) in [5, 5.41) is 11.8. The molecule has 8 heteroatoms. The van der Waals surface area contributed by atoms with E-state index in [-0.39, 0.29) is 17.7 Å². The van der Waals surface area contributed by atoms with E-state index in [9.17, 15) is 18.8 Å². The molecule has 160 valence electrons. The molecule has 6 nitrogen and oxygen atoms in total. The topological polar surface area (TPSA) is 79.4 Å². The number of rotatable bonds is 6. The minimum atomic E-state index is -1.27. The second kappa shape index (κ2) is 8.86. The van der Waals surface area contributed by atoms with E-state index in [1.165, 1.54) is 6.07 Å². The first-order chi connectivity index (χ1) is 15.4. The normalized spacial score (nSPS) is 11.7. The van der Waals surface area contributed by atoms with Gasteiger partial charge in [-0.05, 0) is 42.8 Å². The summed E-state index contributed by atoms with van der Waals surface area (Å²) in [5.74, 6) is -1.82. The van der Waals surface area contributed by atoms with Crippen LogP contribution in [0.5, 0.6) is 5.75 Å². The summed E-state index contributed by atoms with van der Waals surface area (Å²) in [5.41, 5.74) is 2.75. The van der Waals surface area contributed by atoms with E-state index in [1.54, 1.807) is 18.2 Å². The van der Waals surface area contributed by atoms with Gasteiger partial charge in [0.1, 0.15) is 35.7 Å². The summed E-state index contributed by atoms with van der Waals surface area (Å²) in [6.45, 7) is 2.20. The molecule has 1 atom stereocenters. The predicted octanol–water partition coefficient (Wildman–Crippen LogP) is 4.49. The highest BCUT2D eigenvalue weighted by atomic mass is 19.1. The number of ether oxygens (including phenoxy) is 1. The number of carbonyl (C=O) groups is 1. The van der Waals surface area contributed by atoms with Crippen molar-refractivity contribution in [3.8, 4) is 11.8 Å². The Morgan fingerprint density at radius 1 is 1.19 bits per heavy atom. The van der Waals surface area contributed by atoms with E-state index in [1.807, 2.05) is 41.9 Å². The Labute approximate surface area is 182 Å². The zero-order chi connectivity index (χ0) is 22.7. The van der Waals surface area contributed by atoms with Crippen LogP contribution in [-0.2, 0) is 6.61 Å². The van der Waals surface area contributed by atoms with Gasteiger partial charge in [0.25, 0.3) is 5.91 Å². The molecule has 4 aromatic rings. The lowest BCUT2D eigenvalue weighted by molar-refractivity contribution is 0.0944. The second-order valence-electron chi connectivity index (χ2n) is 7.22. The van der Waals surface area contributed by atoms with Crippen molar-refractivity contribution in [1.82, 2.24) is 14.7 Å². The number of pyridine rings is 1. The van der Waals surface area contributed by atoms with Crippen molar-refractivity contribution in [2.24, 2.45) is 0 Å². The smallest absolute Gasteiger partial charge is 0.252 e. The molecule has 2 aromatic heterocycles. The zero-order valence-electron chi connectivity index (χ0n) is 17.0. The van der Waals surface area contributed by atoms with Crippen molar-refractivity contribution >= 4 is 11.6 Å². The first-order valence-electron chi connectivity index (χ1n) is 9.75. The molecule has 1 amide bonds. The van der Waals surface area contributed by atoms with Gasteiger partial charge in [0, 0.05) is 29.6 Å².